The molecule has 184 valence electrons. The maximum Gasteiger partial charge on any atom is 0.306 e. The lowest BCUT2D eigenvalue weighted by Crippen LogP contribution is -2.45. The predicted octanol–water partition coefficient (Wildman–Crippen LogP) is 3.98. The van der Waals surface area contributed by atoms with E-state index in [1.807, 2.05) is 21.1 Å². The number of ether oxygens (including phenoxy) is 1. The quantitative estimate of drug-likeness (QED) is 0.165. The topological polar surface area (TPSA) is 86.7 Å². The molecule has 0 aliphatic rings. The van der Waals surface area contributed by atoms with Gasteiger partial charge in [0.2, 0.25) is 0 Å². The summed E-state index contributed by atoms with van der Waals surface area (Å²) in [5.41, 5.74) is 0. The Kier molecular flexibility index (Phi) is 17.8. The molecule has 0 aliphatic carbocycles. The predicted molar refractivity (Wildman–Crippen MR) is 123 cm³/mol. The number of hydrogen-bond acceptors (Lipinski definition) is 5. The molecule has 6 heteroatoms. The van der Waals surface area contributed by atoms with Crippen LogP contribution in [0.1, 0.15) is 110 Å². The van der Waals surface area contributed by atoms with Crippen LogP contribution >= 0.6 is 0 Å². The van der Waals surface area contributed by atoms with E-state index in [0.29, 0.717) is 17.4 Å². The minimum Gasteiger partial charge on any atom is -0.550 e. The van der Waals surface area contributed by atoms with Crippen molar-refractivity contribution < 1.29 is 29.0 Å². The van der Waals surface area contributed by atoms with Crippen molar-refractivity contribution in [1.29, 1.82) is 0 Å². The molecule has 2 unspecified atom stereocenters. The highest BCUT2D eigenvalue weighted by Gasteiger charge is 2.22. The summed E-state index contributed by atoms with van der Waals surface area (Å²) in [7, 11) is 5.82. The Hall–Kier alpha value is -1.14. The molecule has 0 fully saturated rings. The van der Waals surface area contributed by atoms with Crippen LogP contribution in [0, 0.1) is 0 Å². The average Bonchev–Trinajstić information content (AvgIpc) is 2.64. The van der Waals surface area contributed by atoms with E-state index in [0.717, 1.165) is 44.9 Å². The Morgan fingerprint density at radius 3 is 1.81 bits per heavy atom. The van der Waals surface area contributed by atoms with Gasteiger partial charge in [0, 0.05) is 18.8 Å². The van der Waals surface area contributed by atoms with Crippen LogP contribution in [0.3, 0.4) is 0 Å². The molecule has 0 aliphatic heterocycles. The number of carbonyl (C=O) groups is 2. The lowest BCUT2D eigenvalue weighted by atomic mass is 10.0. The minimum atomic E-state index is -1.19. The Labute approximate surface area is 190 Å². The zero-order valence-corrected chi connectivity index (χ0v) is 20.7. The van der Waals surface area contributed by atoms with Gasteiger partial charge >= 0.3 is 5.97 Å². The number of aliphatic hydroxyl groups is 1. The lowest BCUT2D eigenvalue weighted by Gasteiger charge is -2.29. The highest BCUT2D eigenvalue weighted by Crippen LogP contribution is 2.15. The van der Waals surface area contributed by atoms with Crippen LogP contribution in [-0.2, 0) is 14.3 Å². The first-order chi connectivity index (χ1) is 14.6. The first-order valence-corrected chi connectivity index (χ1v) is 12.5. The van der Waals surface area contributed by atoms with Crippen molar-refractivity contribution in [3.8, 4) is 0 Å². The van der Waals surface area contributed by atoms with Gasteiger partial charge in [-0.25, -0.2) is 0 Å². The molecular weight excluding hydrogens is 394 g/mol. The van der Waals surface area contributed by atoms with Crippen LogP contribution in [0.4, 0.5) is 0 Å². The van der Waals surface area contributed by atoms with Gasteiger partial charge in [-0.3, -0.25) is 4.79 Å². The van der Waals surface area contributed by atoms with Crippen LogP contribution in [0.2, 0.25) is 0 Å². The lowest BCUT2D eigenvalue weighted by molar-refractivity contribution is -0.873. The molecule has 0 heterocycles. The number of unbranched alkanes of at least 4 members (excludes halogenated alkanes) is 10. The summed E-state index contributed by atoms with van der Waals surface area (Å²) in [5.74, 6) is -1.49. The van der Waals surface area contributed by atoms with Gasteiger partial charge in [0.25, 0.3) is 0 Å². The molecular formula is C25H49NO5. The summed E-state index contributed by atoms with van der Waals surface area (Å²) >= 11 is 0. The summed E-state index contributed by atoms with van der Waals surface area (Å²) in [6.07, 6.45) is 14.9. The van der Waals surface area contributed by atoms with E-state index in [2.05, 4.69) is 6.92 Å². The van der Waals surface area contributed by atoms with Crippen LogP contribution in [-0.4, -0.2) is 61.4 Å². The standard InChI is InChI=1S/C25H49NO5/c1-5-6-14-17-22(27)18-15-12-10-8-7-9-11-13-16-19-25(30)31-23(20-24(28)29)21-26(2,3)4/h22-23,27H,5-21H2,1-4H3. The second-order valence-electron chi connectivity index (χ2n) is 10.0. The highest BCUT2D eigenvalue weighted by atomic mass is 16.5. The van der Waals surface area contributed by atoms with Gasteiger partial charge in [0.05, 0.1) is 27.2 Å². The zero-order valence-electron chi connectivity index (χ0n) is 20.7. The highest BCUT2D eigenvalue weighted by molar-refractivity contribution is 5.70. The summed E-state index contributed by atoms with van der Waals surface area (Å²) in [4.78, 5) is 22.9. The molecule has 0 rings (SSSR count). The Balaban J connectivity index is 3.62. The van der Waals surface area contributed by atoms with Gasteiger partial charge in [-0.05, 0) is 19.3 Å². The number of carbonyl (C=O) groups excluding carboxylic acids is 2. The third kappa shape index (κ3) is 21.9. The van der Waals surface area contributed by atoms with Crippen LogP contribution in [0.5, 0.6) is 0 Å². The molecule has 0 aromatic heterocycles. The molecule has 1 N–H and O–H groups in total. The van der Waals surface area contributed by atoms with Crippen molar-refractivity contribution in [2.45, 2.75) is 122 Å². The fourth-order valence-electron chi connectivity index (χ4n) is 3.85. The van der Waals surface area contributed by atoms with Gasteiger partial charge in [-0.2, -0.15) is 0 Å². The molecule has 0 saturated carbocycles. The maximum absolute atomic E-state index is 12.0. The smallest absolute Gasteiger partial charge is 0.306 e. The van der Waals surface area contributed by atoms with Gasteiger partial charge in [-0.15, -0.1) is 0 Å². The molecule has 31 heavy (non-hydrogen) atoms. The van der Waals surface area contributed by atoms with Gasteiger partial charge in [-0.1, -0.05) is 77.6 Å². The van der Waals surface area contributed by atoms with Gasteiger partial charge in [0.1, 0.15) is 6.54 Å². The summed E-state index contributed by atoms with van der Waals surface area (Å²) < 4.78 is 5.90. The van der Waals surface area contributed by atoms with Gasteiger partial charge in [0.15, 0.2) is 6.10 Å². The number of aliphatic hydroxyl groups excluding tert-OH is 1. The van der Waals surface area contributed by atoms with Crippen LogP contribution in [0.15, 0.2) is 0 Å². The SMILES string of the molecule is CCCCCC(O)CCCCCCCCCCCC(=O)OC(CC(=O)[O-])C[N+](C)(C)C. The van der Waals surface area contributed by atoms with Crippen molar-refractivity contribution in [2.24, 2.45) is 0 Å². The summed E-state index contributed by atoms with van der Waals surface area (Å²) in [5, 5.41) is 20.8. The number of nitrogens with zero attached hydrogens (tertiary/aromatic N) is 1. The molecule has 6 nitrogen and oxygen atoms in total. The first-order valence-electron chi connectivity index (χ1n) is 12.5. The van der Waals surface area contributed by atoms with E-state index in [-0.39, 0.29) is 18.5 Å². The van der Waals surface area contributed by atoms with Crippen molar-refractivity contribution in [3.05, 3.63) is 0 Å². The number of quaternary nitrogens is 1. The molecule has 0 radical (unpaired) electrons. The van der Waals surface area contributed by atoms with E-state index in [1.165, 1.54) is 44.9 Å². The van der Waals surface area contributed by atoms with Crippen molar-refractivity contribution in [1.82, 2.24) is 0 Å². The van der Waals surface area contributed by atoms with Crippen molar-refractivity contribution in [2.75, 3.05) is 27.7 Å². The second-order valence-corrected chi connectivity index (χ2v) is 10.0. The minimum absolute atomic E-state index is 0.109. The number of carboxylic acid groups (broad SMARTS) is 1. The average molecular weight is 444 g/mol. The number of rotatable bonds is 21. The molecule has 0 saturated heterocycles. The largest absolute Gasteiger partial charge is 0.550 e. The molecule has 0 bridgehead atoms. The number of esters is 1. The Bertz CT molecular complexity index is 461. The third-order valence-electron chi connectivity index (χ3n) is 5.50. The summed E-state index contributed by atoms with van der Waals surface area (Å²) in [6.45, 7) is 2.64. The maximum atomic E-state index is 12.0. The van der Waals surface area contributed by atoms with E-state index in [1.54, 1.807) is 0 Å². The summed E-state index contributed by atoms with van der Waals surface area (Å²) in [6, 6.07) is 0. The molecule has 2 atom stereocenters. The molecule has 0 aromatic carbocycles. The van der Waals surface area contributed by atoms with E-state index in [9.17, 15) is 19.8 Å². The van der Waals surface area contributed by atoms with Crippen LogP contribution < -0.4 is 5.11 Å². The molecule has 0 spiro atoms. The number of carboxylic acids is 1. The molecule has 0 amide bonds. The van der Waals surface area contributed by atoms with Crippen LogP contribution in [0.25, 0.3) is 0 Å². The zero-order chi connectivity index (χ0) is 23.5. The van der Waals surface area contributed by atoms with E-state index >= 15 is 0 Å². The first kappa shape index (κ1) is 29.9. The number of likely N-dealkylation sites (N-methyl/N-ethyl adjacent to an activating group) is 1. The van der Waals surface area contributed by atoms with E-state index in [4.69, 9.17) is 4.74 Å². The van der Waals surface area contributed by atoms with Crippen molar-refractivity contribution in [3.63, 3.8) is 0 Å². The third-order valence-corrected chi connectivity index (χ3v) is 5.50. The Morgan fingerprint density at radius 2 is 1.32 bits per heavy atom. The van der Waals surface area contributed by atoms with Gasteiger partial charge < -0.3 is 24.2 Å². The number of hydrogen-bond donors (Lipinski definition) is 1. The molecule has 0 aromatic rings. The number of aliphatic carboxylic acids is 1. The normalized spacial score (nSPS) is 13.7. The fourth-order valence-corrected chi connectivity index (χ4v) is 3.85. The second kappa shape index (κ2) is 18.4. The Morgan fingerprint density at radius 1 is 0.839 bits per heavy atom. The van der Waals surface area contributed by atoms with E-state index < -0.39 is 12.1 Å². The van der Waals surface area contributed by atoms with Crippen molar-refractivity contribution >= 4 is 11.9 Å². The fraction of sp³-hybridized carbons (Fsp3) is 0.920. The monoisotopic (exact) mass is 443 g/mol.